The fraction of sp³-hybridized carbons (Fsp3) is 1.00. The monoisotopic (exact) mass is 1670 g/mol. The Balaban J connectivity index is 1.69. The van der Waals surface area contributed by atoms with Gasteiger partial charge in [-0.2, -0.15) is 0 Å². The minimum atomic E-state index is -5.43. The number of alkyl halides is 7. The third-order valence-corrected chi connectivity index (χ3v) is 79.8. The summed E-state index contributed by atoms with van der Waals surface area (Å²) in [4.78, 5) is 0. The molecule has 0 amide bonds. The first-order chi connectivity index (χ1) is 41.1. The summed E-state index contributed by atoms with van der Waals surface area (Å²) in [6.07, 6.45) is 8.37. The van der Waals surface area contributed by atoms with Crippen molar-refractivity contribution in [3.8, 4) is 0 Å². The van der Waals surface area contributed by atoms with Crippen LogP contribution in [0.1, 0.15) is 70.6 Å². The third-order valence-electron chi connectivity index (χ3n) is 15.9. The van der Waals surface area contributed by atoms with Gasteiger partial charge in [0.05, 0.1) is 12.2 Å². The summed E-state index contributed by atoms with van der Waals surface area (Å²) < 4.78 is 164. The van der Waals surface area contributed by atoms with E-state index in [1.165, 1.54) is 0 Å². The molecule has 522 valence electrons. The molecule has 44 heteroatoms. The molecule has 0 aromatic heterocycles. The standard InChI is InChI=1S/C45H103Cl7O21Si16/c1-74(2,34-17-27-46)54-82-62-83(55-75(3,4)35-18-28-47)65-86(58-78(9,10)38-21-31-50)67-84(63-82,56-76(5,6)36-19-29-48)69-88(60-80(13,14)40-23-33-52)70-85(64-82,57-77(7,8)37-20-30-49)68-87(66-83,59-79(11,12)39-22-32-51)72-89(71-86,73-88)61-81(15,16)41-26-43-24-25-44-45(42-43)53-44/h43-45H,17-42H2,1-16H3. The van der Waals surface area contributed by atoms with Gasteiger partial charge < -0.3 is 87.0 Å². The zero-order valence-electron chi connectivity index (χ0n) is 55.3. The highest BCUT2D eigenvalue weighted by Crippen LogP contribution is 2.55. The topological polar surface area (TPSA) is 197 Å². The summed E-state index contributed by atoms with van der Waals surface area (Å²) >= 11 is 45.9. The van der Waals surface area contributed by atoms with Gasteiger partial charge in [0.1, 0.15) is 0 Å². The predicted molar refractivity (Wildman–Crippen MR) is 384 cm³/mol. The molecule has 7 saturated heterocycles. The van der Waals surface area contributed by atoms with Crippen molar-refractivity contribution in [2.24, 2.45) is 5.92 Å². The summed E-state index contributed by atoms with van der Waals surface area (Å²) in [5.74, 6) is 2.75. The summed E-state index contributed by atoms with van der Waals surface area (Å²) in [6.45, 7) is 32.6. The van der Waals surface area contributed by atoms with Crippen LogP contribution >= 0.6 is 81.2 Å². The Labute approximate surface area is 584 Å². The number of halogens is 7. The van der Waals surface area contributed by atoms with Crippen LogP contribution in [-0.4, -0.2) is 192 Å². The van der Waals surface area contributed by atoms with Crippen molar-refractivity contribution in [1.29, 1.82) is 0 Å². The first kappa shape index (κ1) is 81.0. The van der Waals surface area contributed by atoms with E-state index in [2.05, 4.69) is 13.1 Å². The number of fused-ring (bicyclic) bond motifs is 1. The van der Waals surface area contributed by atoms with Crippen molar-refractivity contribution >= 4 is 220 Å². The molecular weight excluding hydrogens is 1570 g/mol. The lowest BCUT2D eigenvalue weighted by molar-refractivity contribution is -0.129. The SMILES string of the molecule is C[Si](C)(CCCCl)O[Si]12O[Si]3(O[Si](C)(C)CCCCl)O[Si]4(O[Si](C)(C)CCCCl)O[Si](O[Si](C)(C)CCCCl)(O1)O[Si]1(O[Si](C)(C)CCCCl)O[Si](O[Si](C)(C)CCCCl)(O2)O[Si](O[Si](C)(C)CCCCl)(O3)O[Si](O[Si](C)(C)CCC2CCC3OC3C2)(O4)O1. The highest BCUT2D eigenvalue weighted by molar-refractivity contribution is 7.04. The molecule has 8 rings (SSSR count). The minimum Gasteiger partial charge on any atom is -0.395 e. The summed E-state index contributed by atoms with van der Waals surface area (Å²) in [5.41, 5.74) is 0. The lowest BCUT2D eigenvalue weighted by Crippen LogP contribution is -2.93. The van der Waals surface area contributed by atoms with Gasteiger partial charge in [0.2, 0.25) is 0 Å². The maximum absolute atomic E-state index is 8.03. The molecule has 0 aromatic rings. The molecule has 0 aromatic carbocycles. The van der Waals surface area contributed by atoms with E-state index in [9.17, 15) is 0 Å². The molecule has 7 aliphatic heterocycles. The average Bonchev–Trinajstić information content (AvgIpc) is 1.61. The van der Waals surface area contributed by atoms with Crippen LogP contribution in [0.3, 0.4) is 0 Å². The Morgan fingerprint density at radius 1 is 0.270 bits per heavy atom. The smallest absolute Gasteiger partial charge is 0.395 e. The van der Waals surface area contributed by atoms with E-state index in [0.29, 0.717) is 146 Å². The van der Waals surface area contributed by atoms with Crippen molar-refractivity contribution in [3.63, 3.8) is 0 Å². The van der Waals surface area contributed by atoms with E-state index in [1.807, 2.05) is 91.7 Å². The van der Waals surface area contributed by atoms with Crippen molar-refractivity contribution in [3.05, 3.63) is 0 Å². The second-order valence-corrected chi connectivity index (χ2v) is 88.2. The number of ether oxygens (including phenoxy) is 1. The molecule has 3 atom stereocenters. The normalized spacial score (nSPS) is 34.5. The number of hydrogen-bond donors (Lipinski definition) is 0. The first-order valence-corrected chi connectivity index (χ1v) is 73.4. The second kappa shape index (κ2) is 31.7. The first-order valence-electron chi connectivity index (χ1n) is 31.7. The van der Waals surface area contributed by atoms with E-state index < -0.39 is 139 Å². The lowest BCUT2D eigenvalue weighted by Gasteiger charge is -2.61. The maximum atomic E-state index is 8.03. The van der Waals surface area contributed by atoms with Crippen LogP contribution < -0.4 is 0 Å². The van der Waals surface area contributed by atoms with E-state index in [1.54, 1.807) is 0 Å². The van der Waals surface area contributed by atoms with Crippen LogP contribution in [0.4, 0.5) is 0 Å². The highest BCUT2D eigenvalue weighted by Gasteiger charge is 2.92. The van der Waals surface area contributed by atoms with Gasteiger partial charge in [0, 0.05) is 41.2 Å². The second-order valence-electron chi connectivity index (χ2n) is 29.1. The summed E-state index contributed by atoms with van der Waals surface area (Å²) in [6, 6.07) is 4.13. The molecule has 7 heterocycles. The van der Waals surface area contributed by atoms with E-state index >= 15 is 0 Å². The molecule has 0 radical (unpaired) electrons. The van der Waals surface area contributed by atoms with Gasteiger partial charge in [-0.25, -0.2) is 0 Å². The third kappa shape index (κ3) is 23.3. The molecule has 89 heavy (non-hydrogen) atoms. The highest BCUT2D eigenvalue weighted by atomic mass is 35.5. The minimum absolute atomic E-state index is 0.267. The van der Waals surface area contributed by atoms with Crippen LogP contribution in [-0.2, 0) is 87.0 Å². The Morgan fingerprint density at radius 2 is 0.449 bits per heavy atom. The van der Waals surface area contributed by atoms with Crippen LogP contribution in [0.25, 0.3) is 0 Å². The molecule has 1 aliphatic carbocycles. The van der Waals surface area contributed by atoms with Crippen molar-refractivity contribution in [2.75, 3.05) is 41.2 Å². The van der Waals surface area contributed by atoms with Gasteiger partial charge >= 0.3 is 72.4 Å². The van der Waals surface area contributed by atoms with Crippen molar-refractivity contribution < 1.29 is 87.0 Å². The largest absolute Gasteiger partial charge is 0.651 e. The van der Waals surface area contributed by atoms with Gasteiger partial charge in [-0.05, 0) is 223 Å². The molecule has 0 spiro atoms. The molecule has 1 saturated carbocycles. The summed E-state index contributed by atoms with van der Waals surface area (Å²) in [7, 11) is -69.1. The Morgan fingerprint density at radius 3 is 0.618 bits per heavy atom. The fourth-order valence-electron chi connectivity index (χ4n) is 11.7. The predicted octanol–water partition coefficient (Wildman–Crippen LogP) is 14.9. The fourth-order valence-corrected chi connectivity index (χ4v) is 88.1. The number of epoxide rings is 1. The van der Waals surface area contributed by atoms with Gasteiger partial charge in [0.15, 0.2) is 66.5 Å². The van der Waals surface area contributed by atoms with Crippen molar-refractivity contribution in [1.82, 2.24) is 0 Å². The van der Waals surface area contributed by atoms with Gasteiger partial charge in [-0.1, -0.05) is 6.42 Å². The number of hydrogen-bond acceptors (Lipinski definition) is 21. The quantitative estimate of drug-likeness (QED) is 0.0319. The molecule has 8 aliphatic rings. The molecule has 8 fully saturated rings. The lowest BCUT2D eigenvalue weighted by atomic mass is 9.88. The van der Waals surface area contributed by atoms with Crippen LogP contribution in [0.2, 0.25) is 153 Å². The van der Waals surface area contributed by atoms with Gasteiger partial charge in [0.25, 0.3) is 0 Å². The van der Waals surface area contributed by atoms with Crippen LogP contribution in [0.15, 0.2) is 0 Å². The van der Waals surface area contributed by atoms with E-state index in [4.69, 9.17) is 168 Å². The maximum Gasteiger partial charge on any atom is 0.651 e. The molecule has 3 unspecified atom stereocenters. The Bertz CT molecular complexity index is 2100. The summed E-state index contributed by atoms with van der Waals surface area (Å²) in [5, 5.41) is 0. The van der Waals surface area contributed by atoms with Crippen molar-refractivity contribution in [2.45, 2.75) is 236 Å². The van der Waals surface area contributed by atoms with Crippen LogP contribution in [0, 0.1) is 5.92 Å². The van der Waals surface area contributed by atoms with E-state index in [0.717, 1.165) is 25.7 Å². The molecular formula is C45H103Cl7O21Si16. The molecule has 0 N–H and O–H groups in total. The van der Waals surface area contributed by atoms with Crippen LogP contribution in [0.5, 0.6) is 0 Å². The van der Waals surface area contributed by atoms with Gasteiger partial charge in [-0.3, -0.25) is 0 Å². The van der Waals surface area contributed by atoms with Gasteiger partial charge in [-0.15, -0.1) is 81.2 Å². The Kier molecular flexibility index (Phi) is 28.9. The zero-order chi connectivity index (χ0) is 66.0. The van der Waals surface area contributed by atoms with E-state index in [-0.39, 0.29) is 6.10 Å². The molecule has 21 nitrogen and oxygen atoms in total. The zero-order valence-corrected chi connectivity index (χ0v) is 76.6. The average molecular weight is 1680 g/mol. The Hall–Kier alpha value is 4.66. The molecule has 8 bridgehead atoms. The number of rotatable bonds is 40.